The summed E-state index contributed by atoms with van der Waals surface area (Å²) in [6.07, 6.45) is 0. The van der Waals surface area contributed by atoms with E-state index in [2.05, 4.69) is 4.42 Å². The quantitative estimate of drug-likeness (QED) is 0.657. The third-order valence-electron chi connectivity index (χ3n) is 1.17. The van der Waals surface area contributed by atoms with Gasteiger partial charge in [0.25, 0.3) is 0 Å². The monoisotopic (exact) mass is 207 g/mol. The zero-order chi connectivity index (χ0) is 9.30. The highest BCUT2D eigenvalue weighted by atomic mass is 35.5. The number of furan rings is 1. The van der Waals surface area contributed by atoms with E-state index in [-0.39, 0.29) is 18.1 Å². The molecule has 0 saturated carbocycles. The standard InChI is InChI=1S/C6H5NO5.ClH/c7-2-1-3(5(8)9)12-4(2)6(10)11;/h1H,7H2,(H,8,9)(H,10,11);1H. The van der Waals surface area contributed by atoms with Gasteiger partial charge in [0.2, 0.25) is 11.5 Å². The maximum atomic E-state index is 10.3. The first-order valence-corrected chi connectivity index (χ1v) is 2.88. The summed E-state index contributed by atoms with van der Waals surface area (Å²) in [5, 5.41) is 16.8. The highest BCUT2D eigenvalue weighted by Crippen LogP contribution is 2.17. The molecule has 13 heavy (non-hydrogen) atoms. The zero-order valence-electron chi connectivity index (χ0n) is 6.18. The first kappa shape index (κ1) is 11.3. The molecule has 0 atom stereocenters. The molecule has 1 heterocycles. The van der Waals surface area contributed by atoms with E-state index in [1.807, 2.05) is 0 Å². The molecular weight excluding hydrogens is 202 g/mol. The van der Waals surface area contributed by atoms with Gasteiger partial charge in [-0.3, -0.25) is 0 Å². The summed E-state index contributed by atoms with van der Waals surface area (Å²) < 4.78 is 4.41. The van der Waals surface area contributed by atoms with Crippen LogP contribution in [0.1, 0.15) is 21.1 Å². The topological polar surface area (TPSA) is 114 Å². The average Bonchev–Trinajstić information content (AvgIpc) is 2.30. The zero-order valence-corrected chi connectivity index (χ0v) is 7.00. The number of hydrogen-bond acceptors (Lipinski definition) is 4. The van der Waals surface area contributed by atoms with E-state index in [9.17, 15) is 9.59 Å². The van der Waals surface area contributed by atoms with Crippen LogP contribution in [0.4, 0.5) is 5.69 Å². The van der Waals surface area contributed by atoms with Gasteiger partial charge in [0, 0.05) is 6.07 Å². The molecule has 0 aromatic carbocycles. The number of aromatic carboxylic acids is 2. The predicted octanol–water partition coefficient (Wildman–Crippen LogP) is 0.680. The Bertz CT molecular complexity index is 345. The molecule has 0 spiro atoms. The molecule has 6 nitrogen and oxygen atoms in total. The first-order chi connectivity index (χ1) is 5.52. The van der Waals surface area contributed by atoms with E-state index in [4.69, 9.17) is 15.9 Å². The molecule has 0 bridgehead atoms. The molecule has 0 radical (unpaired) electrons. The fraction of sp³-hybridized carbons (Fsp3) is 0. The Morgan fingerprint density at radius 2 is 1.85 bits per heavy atom. The SMILES string of the molecule is Cl.Nc1cc(C(=O)O)oc1C(=O)O. The lowest BCUT2D eigenvalue weighted by Gasteiger charge is -1.86. The summed E-state index contributed by atoms with van der Waals surface area (Å²) in [4.78, 5) is 20.5. The van der Waals surface area contributed by atoms with Gasteiger partial charge in [-0.2, -0.15) is 0 Å². The van der Waals surface area contributed by atoms with Gasteiger partial charge in [0.1, 0.15) is 0 Å². The molecule has 4 N–H and O–H groups in total. The summed E-state index contributed by atoms with van der Waals surface area (Å²) in [6, 6.07) is 0.950. The highest BCUT2D eigenvalue weighted by molar-refractivity contribution is 5.94. The van der Waals surface area contributed by atoms with Crippen LogP contribution in [0.3, 0.4) is 0 Å². The van der Waals surface area contributed by atoms with Crippen molar-refractivity contribution in [1.29, 1.82) is 0 Å². The van der Waals surface area contributed by atoms with Gasteiger partial charge < -0.3 is 20.4 Å². The molecule has 1 rings (SSSR count). The Hall–Kier alpha value is -1.69. The number of nitrogen functional groups attached to an aromatic ring is 1. The lowest BCUT2D eigenvalue weighted by molar-refractivity contribution is 0.0632. The van der Waals surface area contributed by atoms with Crippen LogP contribution in [0.15, 0.2) is 10.5 Å². The molecule has 0 saturated heterocycles. The summed E-state index contributed by atoms with van der Waals surface area (Å²) in [7, 11) is 0. The number of nitrogens with two attached hydrogens (primary N) is 1. The van der Waals surface area contributed by atoms with Crippen molar-refractivity contribution < 1.29 is 24.2 Å². The molecule has 1 aromatic heterocycles. The van der Waals surface area contributed by atoms with Crippen molar-refractivity contribution in [2.45, 2.75) is 0 Å². The van der Waals surface area contributed by atoms with Crippen LogP contribution in [0.2, 0.25) is 0 Å². The smallest absolute Gasteiger partial charge is 0.374 e. The second kappa shape index (κ2) is 3.81. The molecule has 0 amide bonds. The summed E-state index contributed by atoms with van der Waals surface area (Å²) in [5.41, 5.74) is 4.95. The molecule has 0 aliphatic heterocycles. The molecule has 0 aliphatic rings. The molecular formula is C6H6ClNO5. The molecule has 1 aromatic rings. The molecule has 0 unspecified atom stereocenters. The third kappa shape index (κ3) is 2.12. The van der Waals surface area contributed by atoms with E-state index in [0.29, 0.717) is 0 Å². The average molecular weight is 208 g/mol. The van der Waals surface area contributed by atoms with Gasteiger partial charge in [-0.05, 0) is 0 Å². The number of carboxylic acids is 2. The first-order valence-electron chi connectivity index (χ1n) is 2.88. The van der Waals surface area contributed by atoms with Gasteiger partial charge in [0.15, 0.2) is 0 Å². The van der Waals surface area contributed by atoms with Gasteiger partial charge in [-0.15, -0.1) is 12.4 Å². The lowest BCUT2D eigenvalue weighted by Crippen LogP contribution is -1.98. The van der Waals surface area contributed by atoms with Crippen molar-refractivity contribution in [2.75, 3.05) is 5.73 Å². The van der Waals surface area contributed by atoms with Crippen LogP contribution in [0, 0.1) is 0 Å². The van der Waals surface area contributed by atoms with Gasteiger partial charge in [0.05, 0.1) is 5.69 Å². The summed E-state index contributed by atoms with van der Waals surface area (Å²) in [6.45, 7) is 0. The maximum Gasteiger partial charge on any atom is 0.374 e. The maximum absolute atomic E-state index is 10.3. The van der Waals surface area contributed by atoms with Crippen molar-refractivity contribution in [1.82, 2.24) is 0 Å². The van der Waals surface area contributed by atoms with Gasteiger partial charge >= 0.3 is 11.9 Å². The highest BCUT2D eigenvalue weighted by Gasteiger charge is 2.18. The van der Waals surface area contributed by atoms with Crippen molar-refractivity contribution in [3.05, 3.63) is 17.6 Å². The normalized spacial score (nSPS) is 8.92. The Balaban J connectivity index is 0.00000144. The number of anilines is 1. The largest absolute Gasteiger partial charge is 0.475 e. The fourth-order valence-electron chi connectivity index (χ4n) is 0.678. The van der Waals surface area contributed by atoms with E-state index in [1.165, 1.54) is 0 Å². The lowest BCUT2D eigenvalue weighted by atomic mass is 10.3. The van der Waals surface area contributed by atoms with Crippen LogP contribution >= 0.6 is 12.4 Å². The second-order valence-corrected chi connectivity index (χ2v) is 2.01. The van der Waals surface area contributed by atoms with Crippen molar-refractivity contribution in [3.63, 3.8) is 0 Å². The molecule has 0 aliphatic carbocycles. The van der Waals surface area contributed by atoms with Crippen molar-refractivity contribution in [2.24, 2.45) is 0 Å². The second-order valence-electron chi connectivity index (χ2n) is 2.01. The van der Waals surface area contributed by atoms with E-state index < -0.39 is 23.5 Å². The predicted molar refractivity (Wildman–Crippen MR) is 44.3 cm³/mol. The van der Waals surface area contributed by atoms with Gasteiger partial charge in [-0.1, -0.05) is 0 Å². The van der Waals surface area contributed by atoms with Crippen LogP contribution in [0.25, 0.3) is 0 Å². The van der Waals surface area contributed by atoms with Crippen molar-refractivity contribution >= 4 is 30.0 Å². The molecule has 0 fully saturated rings. The van der Waals surface area contributed by atoms with E-state index in [0.717, 1.165) is 6.07 Å². The van der Waals surface area contributed by atoms with Crippen LogP contribution in [-0.4, -0.2) is 22.2 Å². The van der Waals surface area contributed by atoms with Crippen molar-refractivity contribution in [3.8, 4) is 0 Å². The Morgan fingerprint density at radius 1 is 1.31 bits per heavy atom. The van der Waals surface area contributed by atoms with E-state index >= 15 is 0 Å². The van der Waals surface area contributed by atoms with E-state index in [1.54, 1.807) is 0 Å². The van der Waals surface area contributed by atoms with Crippen LogP contribution in [-0.2, 0) is 0 Å². The number of halogens is 1. The van der Waals surface area contributed by atoms with Crippen LogP contribution in [0.5, 0.6) is 0 Å². The Morgan fingerprint density at radius 3 is 2.08 bits per heavy atom. The summed E-state index contributed by atoms with van der Waals surface area (Å²) in [5.74, 6) is -3.77. The molecule has 7 heteroatoms. The van der Waals surface area contributed by atoms with Gasteiger partial charge in [-0.25, -0.2) is 9.59 Å². The molecule has 72 valence electrons. The third-order valence-corrected chi connectivity index (χ3v) is 1.17. The fourth-order valence-corrected chi connectivity index (χ4v) is 0.678. The minimum atomic E-state index is -1.39. The minimum Gasteiger partial charge on any atom is -0.475 e. The number of rotatable bonds is 2. The minimum absolute atomic E-state index is 0. The number of carboxylic acid groups (broad SMARTS) is 2. The van der Waals surface area contributed by atoms with Crippen LogP contribution < -0.4 is 5.73 Å². The Kier molecular flexibility index (Phi) is 3.32. The Labute approximate surface area is 78.4 Å². The number of carbonyl (C=O) groups is 2. The number of hydrogen-bond donors (Lipinski definition) is 3. The summed E-state index contributed by atoms with van der Waals surface area (Å²) >= 11 is 0.